The molecule has 1 aliphatic rings. The Morgan fingerprint density at radius 1 is 0.574 bits per heavy atom. The molecule has 1 aliphatic heterocycles. The summed E-state index contributed by atoms with van der Waals surface area (Å²) in [5.41, 5.74) is 8.88. The van der Waals surface area contributed by atoms with E-state index in [1.54, 1.807) is 7.11 Å². The summed E-state index contributed by atoms with van der Waals surface area (Å²) >= 11 is 0. The van der Waals surface area contributed by atoms with E-state index in [-0.39, 0.29) is 6.04 Å². The average molecular weight is 616 g/mol. The number of hydrogen-bond acceptors (Lipinski definition) is 2. The van der Waals surface area contributed by atoms with Crippen molar-refractivity contribution < 1.29 is 14.4 Å². The highest BCUT2D eigenvalue weighted by Gasteiger charge is 2.33. The predicted molar refractivity (Wildman–Crippen MR) is 198 cm³/mol. The molecule has 0 fully saturated rings. The van der Waals surface area contributed by atoms with Gasteiger partial charge in [0.1, 0.15) is 25.4 Å². The van der Waals surface area contributed by atoms with Crippen LogP contribution in [0.1, 0.15) is 22.8 Å². The number of benzene rings is 6. The van der Waals surface area contributed by atoms with Crippen molar-refractivity contribution in [3.8, 4) is 0 Å². The normalized spacial score (nSPS) is 13.7. The maximum absolute atomic E-state index is 10.8. The van der Waals surface area contributed by atoms with Gasteiger partial charge >= 0.3 is 0 Å². The Morgan fingerprint density at radius 3 is 1.43 bits per heavy atom. The second-order valence-corrected chi connectivity index (χ2v) is 12.2. The Balaban J connectivity index is 0.000000166. The molecule has 4 heteroatoms. The Hall–Kier alpha value is -5.03. The summed E-state index contributed by atoms with van der Waals surface area (Å²) in [5, 5.41) is 10.8. The van der Waals surface area contributed by atoms with E-state index in [0.29, 0.717) is 6.61 Å². The van der Waals surface area contributed by atoms with Crippen LogP contribution in [-0.4, -0.2) is 48.3 Å². The summed E-state index contributed by atoms with van der Waals surface area (Å²) in [6.45, 7) is 1.39. The standard InChI is InChI=1S/C24H20B.C19H22NO2/c1-5-13-21(14-6-1)25(22-15-7-2-8-16-22,23-17-9-3-10-18-23)24-19-11-4-12-20-24;1-22-14-18(19(21)16-8-3-2-4-9-16)20-12-11-15-7-5-6-10-17(15)13-20/h1-20H;2-10,13,18-19,21H,11-12,14H2,1H3/q-1;+1/t;18-,19-/m.0/s1. The predicted octanol–water partition coefficient (Wildman–Crippen LogP) is 5.49. The first kappa shape index (κ1) is 31.9. The van der Waals surface area contributed by atoms with Crippen LogP contribution in [0.5, 0.6) is 0 Å². The van der Waals surface area contributed by atoms with Gasteiger partial charge in [0.05, 0.1) is 0 Å². The molecular formula is C43H42BNO2. The van der Waals surface area contributed by atoms with E-state index in [9.17, 15) is 5.11 Å². The Kier molecular flexibility index (Phi) is 10.5. The van der Waals surface area contributed by atoms with Crippen molar-refractivity contribution in [1.29, 1.82) is 0 Å². The Labute approximate surface area is 279 Å². The quantitative estimate of drug-likeness (QED) is 0.173. The summed E-state index contributed by atoms with van der Waals surface area (Å²) < 4.78 is 7.58. The molecule has 234 valence electrons. The molecule has 7 rings (SSSR count). The van der Waals surface area contributed by atoms with Gasteiger partial charge in [-0.2, -0.15) is 21.9 Å². The number of rotatable bonds is 9. The van der Waals surface area contributed by atoms with Crippen molar-refractivity contribution in [2.75, 3.05) is 20.3 Å². The zero-order valence-electron chi connectivity index (χ0n) is 27.0. The molecule has 0 radical (unpaired) electrons. The van der Waals surface area contributed by atoms with Crippen molar-refractivity contribution in [2.45, 2.75) is 18.6 Å². The smallest absolute Gasteiger partial charge is 0.205 e. The first-order valence-corrected chi connectivity index (χ1v) is 16.5. The Morgan fingerprint density at radius 2 is 0.979 bits per heavy atom. The lowest BCUT2D eigenvalue weighted by atomic mass is 9.13. The highest BCUT2D eigenvalue weighted by atomic mass is 16.5. The number of aliphatic hydroxyl groups is 1. The van der Waals surface area contributed by atoms with Gasteiger partial charge in [0.2, 0.25) is 6.04 Å². The third-order valence-electron chi connectivity index (χ3n) is 9.47. The molecule has 0 saturated heterocycles. The number of ether oxygens (including phenoxy) is 1. The van der Waals surface area contributed by atoms with Gasteiger partial charge in [-0.1, -0.05) is 170 Å². The van der Waals surface area contributed by atoms with Gasteiger partial charge in [0.25, 0.3) is 0 Å². The average Bonchev–Trinajstić information content (AvgIpc) is 3.16. The van der Waals surface area contributed by atoms with Gasteiger partial charge in [-0.15, -0.1) is 0 Å². The molecule has 6 aromatic rings. The maximum atomic E-state index is 10.8. The van der Waals surface area contributed by atoms with E-state index in [1.807, 2.05) is 30.3 Å². The summed E-state index contributed by atoms with van der Waals surface area (Å²) in [6, 6.07) is 61.7. The van der Waals surface area contributed by atoms with E-state index < -0.39 is 12.2 Å². The van der Waals surface area contributed by atoms with Gasteiger partial charge < -0.3 is 9.84 Å². The van der Waals surface area contributed by atoms with E-state index in [2.05, 4.69) is 156 Å². The van der Waals surface area contributed by atoms with E-state index in [1.165, 1.54) is 33.0 Å². The molecule has 1 N–H and O–H groups in total. The first-order valence-electron chi connectivity index (χ1n) is 16.5. The minimum atomic E-state index is -1.22. The first-order chi connectivity index (χ1) is 23.2. The van der Waals surface area contributed by atoms with Crippen LogP contribution in [0.25, 0.3) is 0 Å². The summed E-state index contributed by atoms with van der Waals surface area (Å²) in [6.07, 6.45) is 1.36. The number of fused-ring (bicyclic) bond motifs is 1. The third-order valence-corrected chi connectivity index (χ3v) is 9.47. The fourth-order valence-electron chi connectivity index (χ4n) is 7.18. The van der Waals surface area contributed by atoms with Crippen molar-refractivity contribution in [1.82, 2.24) is 0 Å². The van der Waals surface area contributed by atoms with Crippen molar-refractivity contribution in [2.24, 2.45) is 0 Å². The van der Waals surface area contributed by atoms with Crippen molar-refractivity contribution in [3.63, 3.8) is 0 Å². The zero-order chi connectivity index (χ0) is 32.3. The SMILES string of the molecule is COC[C@@H]([C@@H](O)c1ccccc1)[N+]1=Cc2ccccc2CC1.c1ccc([B-](c2ccccc2)(c2ccccc2)c2ccccc2)cc1. The van der Waals surface area contributed by atoms with Gasteiger partial charge in [-0.05, 0) is 17.2 Å². The fraction of sp³-hybridized carbons (Fsp3) is 0.140. The zero-order valence-corrected chi connectivity index (χ0v) is 27.0. The molecule has 3 nitrogen and oxygen atoms in total. The van der Waals surface area contributed by atoms with E-state index in [0.717, 1.165) is 18.5 Å². The lowest BCUT2D eigenvalue weighted by Crippen LogP contribution is -2.74. The maximum Gasteiger partial charge on any atom is 0.205 e. The number of hydrogen-bond donors (Lipinski definition) is 1. The summed E-state index contributed by atoms with van der Waals surface area (Å²) in [4.78, 5) is 0. The monoisotopic (exact) mass is 615 g/mol. The van der Waals surface area contributed by atoms with E-state index >= 15 is 0 Å². The van der Waals surface area contributed by atoms with E-state index in [4.69, 9.17) is 4.74 Å². The molecule has 6 aromatic carbocycles. The molecule has 2 atom stereocenters. The van der Waals surface area contributed by atoms with Crippen LogP contribution < -0.4 is 21.9 Å². The summed E-state index contributed by atoms with van der Waals surface area (Å²) in [7, 11) is 1.68. The number of methoxy groups -OCH3 is 1. The molecule has 0 spiro atoms. The topological polar surface area (TPSA) is 32.5 Å². The van der Waals surface area contributed by atoms with Crippen LogP contribution in [0.15, 0.2) is 176 Å². The molecule has 0 bridgehead atoms. The van der Waals surface area contributed by atoms with Crippen LogP contribution in [-0.2, 0) is 11.2 Å². The molecule has 0 amide bonds. The second-order valence-electron chi connectivity index (χ2n) is 12.2. The highest BCUT2D eigenvalue weighted by Crippen LogP contribution is 2.22. The number of nitrogens with zero attached hydrogens (tertiary/aromatic N) is 1. The molecular weight excluding hydrogens is 573 g/mol. The van der Waals surface area contributed by atoms with Crippen LogP contribution in [0.4, 0.5) is 0 Å². The largest absolute Gasteiger partial charge is 0.381 e. The van der Waals surface area contributed by atoms with Gasteiger partial charge in [-0.25, -0.2) is 4.58 Å². The van der Waals surface area contributed by atoms with Crippen LogP contribution in [0.3, 0.4) is 0 Å². The van der Waals surface area contributed by atoms with Crippen LogP contribution in [0, 0.1) is 0 Å². The summed E-state index contributed by atoms with van der Waals surface area (Å²) in [5.74, 6) is 0. The van der Waals surface area contributed by atoms with Crippen molar-refractivity contribution >= 4 is 34.2 Å². The fourth-order valence-corrected chi connectivity index (χ4v) is 7.18. The second kappa shape index (κ2) is 15.5. The highest BCUT2D eigenvalue weighted by molar-refractivity contribution is 7.19. The van der Waals surface area contributed by atoms with Crippen LogP contribution >= 0.6 is 0 Å². The van der Waals surface area contributed by atoms with Crippen LogP contribution in [0.2, 0.25) is 0 Å². The van der Waals surface area contributed by atoms with Gasteiger partial charge in [0.15, 0.2) is 6.21 Å². The lowest BCUT2D eigenvalue weighted by molar-refractivity contribution is -0.577. The minimum absolute atomic E-state index is 0.0826. The van der Waals surface area contributed by atoms with Gasteiger partial charge in [-0.3, -0.25) is 0 Å². The molecule has 0 aliphatic carbocycles. The lowest BCUT2D eigenvalue weighted by Gasteiger charge is -2.44. The molecule has 0 unspecified atom stereocenters. The van der Waals surface area contributed by atoms with Crippen molar-refractivity contribution in [3.05, 3.63) is 193 Å². The molecule has 47 heavy (non-hydrogen) atoms. The number of aliphatic hydroxyl groups excluding tert-OH is 1. The van der Waals surface area contributed by atoms with Gasteiger partial charge in [0, 0.05) is 19.1 Å². The molecule has 0 saturated carbocycles. The molecule has 0 aromatic heterocycles. The minimum Gasteiger partial charge on any atom is -0.381 e. The Bertz CT molecular complexity index is 1680. The molecule has 1 heterocycles. The third kappa shape index (κ3) is 7.05.